The van der Waals surface area contributed by atoms with Crippen molar-refractivity contribution in [3.63, 3.8) is 0 Å². The van der Waals surface area contributed by atoms with Crippen LogP contribution in [-0.4, -0.2) is 40.4 Å². The Hall–Kier alpha value is -2.64. The number of anilines is 1. The van der Waals surface area contributed by atoms with Gasteiger partial charge in [0.15, 0.2) is 5.13 Å². The molecule has 3 aromatic rings. The average Bonchev–Trinajstić information content (AvgIpc) is 3.21. The van der Waals surface area contributed by atoms with Crippen LogP contribution in [-0.2, 0) is 11.2 Å². The van der Waals surface area contributed by atoms with Gasteiger partial charge >= 0.3 is 0 Å². The van der Waals surface area contributed by atoms with E-state index in [4.69, 9.17) is 4.98 Å². The Labute approximate surface area is 173 Å². The molecule has 0 saturated carbocycles. The molecule has 1 atom stereocenters. The van der Waals surface area contributed by atoms with Gasteiger partial charge in [-0.05, 0) is 49.2 Å². The first-order valence-corrected chi connectivity index (χ1v) is 10.7. The third-order valence-electron chi connectivity index (χ3n) is 5.07. The number of carbonyl (C=O) groups is 1. The molecule has 1 aliphatic heterocycles. The number of nitrogens with zero attached hydrogens (tertiary/aromatic N) is 3. The van der Waals surface area contributed by atoms with Crippen LogP contribution in [0.2, 0.25) is 0 Å². The fourth-order valence-corrected chi connectivity index (χ4v) is 4.31. The lowest BCUT2D eigenvalue weighted by atomic mass is 9.94. The highest BCUT2D eigenvalue weighted by Gasteiger charge is 2.24. The molecule has 29 heavy (non-hydrogen) atoms. The lowest BCUT2D eigenvalue weighted by Gasteiger charge is -2.32. The van der Waals surface area contributed by atoms with Crippen molar-refractivity contribution < 1.29 is 9.18 Å². The predicted octanol–water partition coefficient (Wildman–Crippen LogP) is 4.09. The number of amides is 1. The SMILES string of the molecule is O=C(CN1CCC[C@H](c2cccc(Cc3cccc(F)c3)n2)C1)Nc1nccs1. The summed E-state index contributed by atoms with van der Waals surface area (Å²) in [4.78, 5) is 23.4. The number of piperidine rings is 1. The minimum absolute atomic E-state index is 0.0339. The minimum Gasteiger partial charge on any atom is -0.301 e. The Morgan fingerprint density at radius 3 is 3.00 bits per heavy atom. The molecule has 1 amide bonds. The van der Waals surface area contributed by atoms with Gasteiger partial charge in [0.05, 0.1) is 6.54 Å². The molecular formula is C22H23FN4OS. The summed E-state index contributed by atoms with van der Waals surface area (Å²) in [6, 6.07) is 12.7. The van der Waals surface area contributed by atoms with E-state index in [0.717, 1.165) is 42.9 Å². The van der Waals surface area contributed by atoms with Crippen molar-refractivity contribution in [2.75, 3.05) is 25.0 Å². The van der Waals surface area contributed by atoms with Gasteiger partial charge in [-0.15, -0.1) is 11.3 Å². The normalized spacial score (nSPS) is 17.2. The second-order valence-corrected chi connectivity index (χ2v) is 8.21. The highest BCUT2D eigenvalue weighted by Crippen LogP contribution is 2.26. The van der Waals surface area contributed by atoms with Gasteiger partial charge in [0.1, 0.15) is 5.82 Å². The molecule has 1 aliphatic rings. The van der Waals surface area contributed by atoms with Crippen molar-refractivity contribution in [3.05, 3.63) is 76.8 Å². The average molecular weight is 411 g/mol. The van der Waals surface area contributed by atoms with Gasteiger partial charge < -0.3 is 5.32 Å². The first-order valence-electron chi connectivity index (χ1n) is 9.78. The first-order chi connectivity index (χ1) is 14.2. The second kappa shape index (κ2) is 9.24. The van der Waals surface area contributed by atoms with E-state index in [1.165, 1.54) is 17.4 Å². The van der Waals surface area contributed by atoms with Crippen molar-refractivity contribution in [2.45, 2.75) is 25.2 Å². The number of hydrogen-bond acceptors (Lipinski definition) is 5. The van der Waals surface area contributed by atoms with Crippen LogP contribution in [0.25, 0.3) is 0 Å². The molecule has 0 bridgehead atoms. The van der Waals surface area contributed by atoms with Gasteiger partial charge in [0.2, 0.25) is 5.91 Å². The number of likely N-dealkylation sites (tertiary alicyclic amines) is 1. The van der Waals surface area contributed by atoms with Gasteiger partial charge in [-0.2, -0.15) is 0 Å². The zero-order valence-electron chi connectivity index (χ0n) is 16.1. The van der Waals surface area contributed by atoms with Crippen LogP contribution in [0.3, 0.4) is 0 Å². The highest BCUT2D eigenvalue weighted by atomic mass is 32.1. The molecule has 0 unspecified atom stereocenters. The van der Waals surface area contributed by atoms with Crippen molar-refractivity contribution in [2.24, 2.45) is 0 Å². The smallest absolute Gasteiger partial charge is 0.240 e. The van der Waals surface area contributed by atoms with E-state index in [2.05, 4.69) is 21.3 Å². The number of thiazole rings is 1. The molecule has 1 saturated heterocycles. The lowest BCUT2D eigenvalue weighted by molar-refractivity contribution is -0.117. The molecule has 7 heteroatoms. The standard InChI is InChI=1S/C22H23FN4OS/c23-18-6-1-4-16(12-18)13-19-7-2-8-20(25-19)17-5-3-10-27(14-17)15-21(28)26-22-24-9-11-29-22/h1-2,4,6-9,11-12,17H,3,5,10,13-15H2,(H,24,26,28)/t17-/m0/s1. The fraction of sp³-hybridized carbons (Fsp3) is 0.318. The third kappa shape index (κ3) is 5.46. The van der Waals surface area contributed by atoms with Crippen LogP contribution >= 0.6 is 11.3 Å². The van der Waals surface area contributed by atoms with Crippen LogP contribution in [0.15, 0.2) is 54.0 Å². The molecule has 150 valence electrons. The number of benzene rings is 1. The fourth-order valence-electron chi connectivity index (χ4n) is 3.77. The summed E-state index contributed by atoms with van der Waals surface area (Å²) in [6.45, 7) is 2.07. The number of nitrogens with one attached hydrogen (secondary N) is 1. The van der Waals surface area contributed by atoms with Crippen molar-refractivity contribution >= 4 is 22.4 Å². The number of aromatic nitrogens is 2. The van der Waals surface area contributed by atoms with Crippen LogP contribution in [0.1, 0.15) is 35.7 Å². The summed E-state index contributed by atoms with van der Waals surface area (Å²) in [5.41, 5.74) is 2.90. The lowest BCUT2D eigenvalue weighted by Crippen LogP contribution is -2.40. The third-order valence-corrected chi connectivity index (χ3v) is 5.76. The van der Waals surface area contributed by atoms with E-state index in [-0.39, 0.29) is 11.7 Å². The van der Waals surface area contributed by atoms with Crippen molar-refractivity contribution in [1.29, 1.82) is 0 Å². The Morgan fingerprint density at radius 1 is 1.28 bits per heavy atom. The molecule has 0 radical (unpaired) electrons. The van der Waals surface area contributed by atoms with Crippen LogP contribution in [0, 0.1) is 5.82 Å². The largest absolute Gasteiger partial charge is 0.301 e. The predicted molar refractivity (Wildman–Crippen MR) is 113 cm³/mol. The number of rotatable bonds is 6. The maximum absolute atomic E-state index is 13.4. The number of halogens is 1. The van der Waals surface area contributed by atoms with Crippen LogP contribution in [0.5, 0.6) is 0 Å². The summed E-state index contributed by atoms with van der Waals surface area (Å²) < 4.78 is 13.4. The van der Waals surface area contributed by atoms with E-state index in [0.29, 0.717) is 24.0 Å². The maximum Gasteiger partial charge on any atom is 0.240 e. The number of hydrogen-bond donors (Lipinski definition) is 1. The molecule has 4 rings (SSSR count). The summed E-state index contributed by atoms with van der Waals surface area (Å²) in [5, 5.41) is 5.32. The summed E-state index contributed by atoms with van der Waals surface area (Å²) in [5.74, 6) is 0.0369. The molecule has 0 spiro atoms. The molecular weight excluding hydrogens is 387 g/mol. The number of pyridine rings is 1. The molecule has 1 fully saturated rings. The summed E-state index contributed by atoms with van der Waals surface area (Å²) >= 11 is 1.42. The van der Waals surface area contributed by atoms with Crippen molar-refractivity contribution in [1.82, 2.24) is 14.9 Å². The van der Waals surface area contributed by atoms with E-state index in [1.54, 1.807) is 18.3 Å². The van der Waals surface area contributed by atoms with E-state index in [1.807, 2.05) is 23.6 Å². The van der Waals surface area contributed by atoms with Gasteiger partial charge in [-0.1, -0.05) is 18.2 Å². The van der Waals surface area contributed by atoms with E-state index in [9.17, 15) is 9.18 Å². The Morgan fingerprint density at radius 2 is 2.17 bits per heavy atom. The van der Waals surface area contributed by atoms with Crippen LogP contribution in [0.4, 0.5) is 9.52 Å². The molecule has 0 aliphatic carbocycles. The summed E-state index contributed by atoms with van der Waals surface area (Å²) in [6.07, 6.45) is 4.38. The molecule has 1 N–H and O–H groups in total. The van der Waals surface area contributed by atoms with E-state index >= 15 is 0 Å². The maximum atomic E-state index is 13.4. The first kappa shape index (κ1) is 19.7. The Balaban J connectivity index is 1.38. The minimum atomic E-state index is -0.224. The van der Waals surface area contributed by atoms with E-state index < -0.39 is 0 Å². The summed E-state index contributed by atoms with van der Waals surface area (Å²) in [7, 11) is 0. The molecule has 2 aromatic heterocycles. The molecule has 1 aromatic carbocycles. The Bertz CT molecular complexity index is 963. The topological polar surface area (TPSA) is 58.1 Å². The second-order valence-electron chi connectivity index (χ2n) is 7.32. The Kier molecular flexibility index (Phi) is 6.27. The zero-order valence-corrected chi connectivity index (χ0v) is 16.9. The number of carbonyl (C=O) groups excluding carboxylic acids is 1. The zero-order chi connectivity index (χ0) is 20.1. The quantitative estimate of drug-likeness (QED) is 0.665. The van der Waals surface area contributed by atoms with Gasteiger partial charge in [-0.3, -0.25) is 14.7 Å². The molecule has 5 nitrogen and oxygen atoms in total. The van der Waals surface area contributed by atoms with Crippen molar-refractivity contribution in [3.8, 4) is 0 Å². The van der Waals surface area contributed by atoms with Crippen LogP contribution < -0.4 is 5.32 Å². The van der Waals surface area contributed by atoms with Gasteiger partial charge in [-0.25, -0.2) is 9.37 Å². The monoisotopic (exact) mass is 410 g/mol. The van der Waals surface area contributed by atoms with Gasteiger partial charge in [0, 0.05) is 41.8 Å². The highest BCUT2D eigenvalue weighted by molar-refractivity contribution is 7.13. The molecule has 3 heterocycles. The van der Waals surface area contributed by atoms with Gasteiger partial charge in [0.25, 0.3) is 0 Å².